The molecule has 3 unspecified atom stereocenters. The van der Waals surface area contributed by atoms with Crippen LogP contribution in [0, 0.1) is 17.8 Å². The minimum absolute atomic E-state index is 0.105. The first-order valence-corrected chi connectivity index (χ1v) is 44.4. The number of aliphatic hydroxyl groups excluding tert-OH is 1. The smallest absolute Gasteiger partial charge is 0.462 e. The lowest BCUT2D eigenvalue weighted by Gasteiger charge is -2.21. The second-order valence-electron chi connectivity index (χ2n) is 30.0. The van der Waals surface area contributed by atoms with Gasteiger partial charge >= 0.3 is 39.5 Å². The number of phosphoric acid groups is 2. The minimum Gasteiger partial charge on any atom is -0.462 e. The molecule has 3 N–H and O–H groups in total. The molecule has 0 aromatic carbocycles. The summed E-state index contributed by atoms with van der Waals surface area (Å²) in [6, 6.07) is 0. The fourth-order valence-electron chi connectivity index (χ4n) is 12.3. The first-order valence-electron chi connectivity index (χ1n) is 41.4. The van der Waals surface area contributed by atoms with E-state index >= 15 is 0 Å². The summed E-state index contributed by atoms with van der Waals surface area (Å²) in [5.74, 6) is 0.166. The number of hydrogen-bond acceptors (Lipinski definition) is 15. The number of carbonyl (C=O) groups is 4. The Morgan fingerprint density at radius 2 is 0.515 bits per heavy atom. The molecule has 19 heteroatoms. The summed E-state index contributed by atoms with van der Waals surface area (Å²) < 4.78 is 68.6. The Balaban J connectivity index is 5.22. The predicted octanol–water partition coefficient (Wildman–Crippen LogP) is 23.7. The minimum atomic E-state index is -4.96. The predicted molar refractivity (Wildman–Crippen MR) is 405 cm³/mol. The standard InChI is InChI=1S/C80H156O17P2/c1-8-10-11-12-13-14-15-16-17-18-19-20-21-26-29-35-40-49-56-63-79(84)96-75(67-90-77(82)61-54-47-39-34-28-25-23-22-24-27-33-38-46-53-60-73(7)9-2)69-94-98(86,87)92-65-74(81)66-93-99(88,89)95-70-76(68-91-78(83)62-55-48-43-42-45-52-59-72(5)6)97-80(85)64-57-50-41-36-31-30-32-37-44-51-58-71(3)4/h71-76,81H,8-70H2,1-7H3,(H,86,87)(H,88,89)/t73?,74-,75-,76-/m1/s1. The molecule has 0 aromatic heterocycles. The number of rotatable bonds is 78. The monoisotopic (exact) mass is 1450 g/mol. The van der Waals surface area contributed by atoms with Crippen LogP contribution in [0.1, 0.15) is 414 Å². The number of carbonyl (C=O) groups excluding carboxylic acids is 4. The fraction of sp³-hybridized carbons (Fsp3) is 0.950. The van der Waals surface area contributed by atoms with E-state index in [0.29, 0.717) is 31.6 Å². The fourth-order valence-corrected chi connectivity index (χ4v) is 13.9. The Morgan fingerprint density at radius 3 is 0.768 bits per heavy atom. The number of unbranched alkanes of at least 4 members (excludes halogenated alkanes) is 45. The zero-order chi connectivity index (χ0) is 73.0. The van der Waals surface area contributed by atoms with Gasteiger partial charge in [0.25, 0.3) is 0 Å². The molecule has 0 bridgehead atoms. The van der Waals surface area contributed by atoms with Gasteiger partial charge in [-0.3, -0.25) is 37.3 Å². The molecule has 0 aliphatic heterocycles. The summed E-state index contributed by atoms with van der Waals surface area (Å²) in [5.41, 5.74) is 0. The molecule has 17 nitrogen and oxygen atoms in total. The summed E-state index contributed by atoms with van der Waals surface area (Å²) in [6.07, 6.45) is 58.4. The highest BCUT2D eigenvalue weighted by atomic mass is 31.2. The van der Waals surface area contributed by atoms with Gasteiger partial charge in [-0.05, 0) is 43.4 Å². The molecular weight excluding hydrogens is 1290 g/mol. The molecule has 0 saturated heterocycles. The molecule has 0 fully saturated rings. The van der Waals surface area contributed by atoms with Crippen LogP contribution < -0.4 is 0 Å². The molecule has 6 atom stereocenters. The average molecular weight is 1450 g/mol. The zero-order valence-electron chi connectivity index (χ0n) is 65.0. The van der Waals surface area contributed by atoms with Gasteiger partial charge in [0.15, 0.2) is 12.2 Å². The van der Waals surface area contributed by atoms with E-state index in [4.69, 9.17) is 37.0 Å². The lowest BCUT2D eigenvalue weighted by Crippen LogP contribution is -2.30. The lowest BCUT2D eigenvalue weighted by molar-refractivity contribution is -0.161. The number of aliphatic hydroxyl groups is 1. The summed E-state index contributed by atoms with van der Waals surface area (Å²) in [6.45, 7) is 11.9. The van der Waals surface area contributed by atoms with Crippen LogP contribution in [0.3, 0.4) is 0 Å². The molecule has 99 heavy (non-hydrogen) atoms. The maximum atomic E-state index is 13.1. The van der Waals surface area contributed by atoms with E-state index in [9.17, 15) is 43.2 Å². The van der Waals surface area contributed by atoms with Crippen LogP contribution in [0.25, 0.3) is 0 Å². The molecule has 588 valence electrons. The van der Waals surface area contributed by atoms with Crippen molar-refractivity contribution in [3.63, 3.8) is 0 Å². The third-order valence-corrected chi connectivity index (χ3v) is 20.9. The molecule has 0 saturated carbocycles. The number of hydrogen-bond donors (Lipinski definition) is 3. The third-order valence-electron chi connectivity index (χ3n) is 19.0. The van der Waals surface area contributed by atoms with Gasteiger partial charge < -0.3 is 33.8 Å². The van der Waals surface area contributed by atoms with Crippen molar-refractivity contribution in [3.8, 4) is 0 Å². The molecular formula is C80H156O17P2. The van der Waals surface area contributed by atoms with E-state index in [1.165, 1.54) is 218 Å². The lowest BCUT2D eigenvalue weighted by atomic mass is 9.99. The highest BCUT2D eigenvalue weighted by molar-refractivity contribution is 7.47. The second kappa shape index (κ2) is 70.4. The summed E-state index contributed by atoms with van der Waals surface area (Å²) in [4.78, 5) is 72.9. The Hall–Kier alpha value is -1.94. The normalized spacial score (nSPS) is 14.3. The first-order chi connectivity index (χ1) is 47.8. The maximum Gasteiger partial charge on any atom is 0.472 e. The van der Waals surface area contributed by atoms with Crippen LogP contribution in [0.2, 0.25) is 0 Å². The molecule has 0 heterocycles. The molecule has 0 radical (unpaired) electrons. The van der Waals surface area contributed by atoms with E-state index in [0.717, 1.165) is 108 Å². The Labute approximate surface area is 607 Å². The molecule has 0 amide bonds. The van der Waals surface area contributed by atoms with Crippen molar-refractivity contribution < 1.29 is 80.2 Å². The highest BCUT2D eigenvalue weighted by Crippen LogP contribution is 2.45. The van der Waals surface area contributed by atoms with E-state index < -0.39 is 97.5 Å². The van der Waals surface area contributed by atoms with Crippen molar-refractivity contribution in [3.05, 3.63) is 0 Å². The van der Waals surface area contributed by atoms with Crippen molar-refractivity contribution >= 4 is 39.5 Å². The van der Waals surface area contributed by atoms with Crippen molar-refractivity contribution in [2.45, 2.75) is 433 Å². The second-order valence-corrected chi connectivity index (χ2v) is 32.9. The molecule has 0 spiro atoms. The number of esters is 4. The van der Waals surface area contributed by atoms with Crippen LogP contribution in [0.4, 0.5) is 0 Å². The van der Waals surface area contributed by atoms with Crippen molar-refractivity contribution in [1.82, 2.24) is 0 Å². The van der Waals surface area contributed by atoms with Crippen LogP contribution in [0.5, 0.6) is 0 Å². The number of phosphoric ester groups is 2. The summed E-state index contributed by atoms with van der Waals surface area (Å²) >= 11 is 0. The Bertz CT molecular complexity index is 1920. The SMILES string of the molecule is CCCCCCCCCCCCCCCCCCCCCC(=O)O[C@H](COC(=O)CCCCCCCCCCCCCCCCC(C)CC)COP(=O)(O)OC[C@@H](O)COP(=O)(O)OC[C@@H](COC(=O)CCCCCCCCC(C)C)OC(=O)CCCCCCCCCCCCC(C)C. The largest absolute Gasteiger partial charge is 0.472 e. The molecule has 0 rings (SSSR count). The topological polar surface area (TPSA) is 237 Å². The van der Waals surface area contributed by atoms with Crippen molar-refractivity contribution in [2.24, 2.45) is 17.8 Å². The summed E-state index contributed by atoms with van der Waals surface area (Å²) in [5, 5.41) is 10.6. The maximum absolute atomic E-state index is 13.1. The van der Waals surface area contributed by atoms with Gasteiger partial charge in [-0.25, -0.2) is 9.13 Å². The zero-order valence-corrected chi connectivity index (χ0v) is 66.8. The van der Waals surface area contributed by atoms with Crippen LogP contribution in [-0.2, 0) is 65.4 Å². The van der Waals surface area contributed by atoms with E-state index in [1.807, 2.05) is 0 Å². The van der Waals surface area contributed by atoms with Gasteiger partial charge in [0.1, 0.15) is 19.3 Å². The first kappa shape index (κ1) is 97.1. The van der Waals surface area contributed by atoms with E-state index in [2.05, 4.69) is 48.5 Å². The molecule has 0 aromatic rings. The average Bonchev–Trinajstić information content (AvgIpc) is 1.08. The highest BCUT2D eigenvalue weighted by Gasteiger charge is 2.30. The molecule has 0 aliphatic rings. The van der Waals surface area contributed by atoms with Crippen LogP contribution in [0.15, 0.2) is 0 Å². The number of ether oxygens (including phenoxy) is 4. The van der Waals surface area contributed by atoms with Gasteiger partial charge in [0, 0.05) is 25.7 Å². The van der Waals surface area contributed by atoms with Gasteiger partial charge in [-0.2, -0.15) is 0 Å². The van der Waals surface area contributed by atoms with E-state index in [1.54, 1.807) is 0 Å². The van der Waals surface area contributed by atoms with Gasteiger partial charge in [-0.1, -0.05) is 363 Å². The Morgan fingerprint density at radius 1 is 0.293 bits per heavy atom. The van der Waals surface area contributed by atoms with Crippen LogP contribution in [-0.4, -0.2) is 96.7 Å². The van der Waals surface area contributed by atoms with Gasteiger partial charge in [0.2, 0.25) is 0 Å². The molecule has 0 aliphatic carbocycles. The Kier molecular flexibility index (Phi) is 69.0. The van der Waals surface area contributed by atoms with Crippen molar-refractivity contribution in [2.75, 3.05) is 39.6 Å². The summed E-state index contributed by atoms with van der Waals surface area (Å²) in [7, 11) is -9.92. The van der Waals surface area contributed by atoms with Gasteiger partial charge in [-0.15, -0.1) is 0 Å². The van der Waals surface area contributed by atoms with E-state index in [-0.39, 0.29) is 25.7 Å². The van der Waals surface area contributed by atoms with Gasteiger partial charge in [0.05, 0.1) is 26.4 Å². The van der Waals surface area contributed by atoms with Crippen LogP contribution >= 0.6 is 15.6 Å². The third kappa shape index (κ3) is 72.8. The van der Waals surface area contributed by atoms with Crippen molar-refractivity contribution in [1.29, 1.82) is 0 Å². The quantitative estimate of drug-likeness (QED) is 0.0222.